The minimum atomic E-state index is -2.32. The molecular weight excluding hydrogens is 1630 g/mol. The molecule has 0 saturated carbocycles. The molecule has 7 fully saturated rings. The molecule has 39 heteroatoms. The summed E-state index contributed by atoms with van der Waals surface area (Å²) >= 11 is 0. The Morgan fingerprint density at radius 3 is 1.18 bits per heavy atom. The van der Waals surface area contributed by atoms with Gasteiger partial charge in [-0.2, -0.15) is 0 Å². The van der Waals surface area contributed by atoms with Crippen LogP contribution in [0.2, 0.25) is 0 Å². The standard InChI is InChI=1S/C84H151N3O36/c1-7-9-11-13-15-17-19-21-22-23-24-26-28-30-32-34-36-38-56(96)87-49(50(95)37-35-33-31-29-27-25-20-18-16-14-12-10-8-2)44-110-80-70(108)67(105)72(54(42-91)117-80)118-83-71(109)75(62(100)52(40-89)114-83)121-79-58(86-48(6)94)74(120-81-68(106)65(103)59(97)45(3)111-81)73(55(43-92)116-79)119-84-77(123-82-69(107)66(104)60(98)46(4)112-82)76(63(101)53(41-90)115-84)122-78-57(85-47(5)93)64(102)61(99)51(39-88)113-78/h35,37,45-46,49-55,57-84,88-92,95,97-109H,7-34,36,38-44H2,1-6H3,(H,85,93)(H,86,94)(H,87,96)/b37-35+/t45?,46?,49-,50+,51?,52?,53?,54?,55?,57?,58?,59+,60+,61-,62-,63-,64+,65?,66?,67+,68-,69-,70?,71?,72+,73+,74+,75-,76-,77?,78+,79-,80+,81+,82+,83-,84-/m0/s1. The second-order valence-electron chi connectivity index (χ2n) is 34.1. The summed E-state index contributed by atoms with van der Waals surface area (Å²) in [7, 11) is 0. The van der Waals surface area contributed by atoms with Crippen molar-refractivity contribution in [1.29, 1.82) is 0 Å². The molecule has 0 aromatic heterocycles. The van der Waals surface area contributed by atoms with Crippen molar-refractivity contribution in [3.63, 3.8) is 0 Å². The highest BCUT2D eigenvalue weighted by Gasteiger charge is 2.61. The maximum atomic E-state index is 13.7. The smallest absolute Gasteiger partial charge is 0.220 e. The number of hydrogen-bond donors (Lipinski definition) is 22. The molecule has 7 aliphatic heterocycles. The van der Waals surface area contributed by atoms with Gasteiger partial charge in [0, 0.05) is 20.3 Å². The zero-order valence-electron chi connectivity index (χ0n) is 72.4. The summed E-state index contributed by atoms with van der Waals surface area (Å²) in [6, 6.07) is -4.85. The molecule has 0 aliphatic carbocycles. The van der Waals surface area contributed by atoms with Crippen LogP contribution in [-0.2, 0) is 80.7 Å². The van der Waals surface area contributed by atoms with Crippen LogP contribution in [0.1, 0.15) is 234 Å². The number of carbonyl (C=O) groups is 3. The van der Waals surface area contributed by atoms with Crippen molar-refractivity contribution in [3.05, 3.63) is 12.2 Å². The van der Waals surface area contributed by atoms with Gasteiger partial charge in [-0.15, -0.1) is 0 Å². The van der Waals surface area contributed by atoms with Crippen molar-refractivity contribution in [2.24, 2.45) is 0 Å². The number of rotatable bonds is 55. The molecule has 7 rings (SSSR count). The van der Waals surface area contributed by atoms with E-state index in [1.807, 2.05) is 6.08 Å². The SMILES string of the molecule is CCCCCCCCCCCCC/C=C/[C@@H](O)[C@H](CO[C@@H]1OC(CO)[C@@H](O[C@@H]2OC(CO)[C@H](O)[C@H](O[C@@H]3OC(CO)[C@@H](O[C@@H]4OC(CO)[C@H](O)[C@H](O[C@H]5OC(CO)[C@H](O)[C@H](O)C5NC(C)=O)C4O[C@H]4OC(C)[C@@H](O)C(O)[C@@H]4O)[C@H](O[C@H]4OC(C)[C@@H](O)C(O)[C@@H]4O)C3NC(C)=O)C2O)[C@H](O)C1O)NC(=O)CCCCCCCCCCCCCCCCCCC. The molecule has 22 N–H and O–H groups in total. The summed E-state index contributed by atoms with van der Waals surface area (Å²) < 4.78 is 86.2. The monoisotopic (exact) mass is 1780 g/mol. The number of ether oxygens (including phenoxy) is 14. The van der Waals surface area contributed by atoms with E-state index in [0.717, 1.165) is 65.2 Å². The number of hydrogen-bond acceptors (Lipinski definition) is 36. The molecular formula is C84H151N3O36. The van der Waals surface area contributed by atoms with Gasteiger partial charge in [0.1, 0.15) is 159 Å². The molecule has 7 saturated heterocycles. The summed E-state index contributed by atoms with van der Waals surface area (Å²) in [4.78, 5) is 40.0. The van der Waals surface area contributed by atoms with Gasteiger partial charge in [0.25, 0.3) is 0 Å². The average Bonchev–Trinajstić information content (AvgIpc) is 0.755. The molecule has 123 heavy (non-hydrogen) atoms. The molecule has 0 aromatic rings. The second-order valence-corrected chi connectivity index (χ2v) is 34.1. The van der Waals surface area contributed by atoms with Crippen LogP contribution in [0.25, 0.3) is 0 Å². The van der Waals surface area contributed by atoms with Crippen molar-refractivity contribution < 1.29 is 178 Å². The molecule has 14 unspecified atom stereocenters. The van der Waals surface area contributed by atoms with E-state index in [2.05, 4.69) is 29.8 Å². The normalized spacial score (nSPS) is 38.7. The Kier molecular flexibility index (Phi) is 48.5. The summed E-state index contributed by atoms with van der Waals surface area (Å²) in [5, 5.41) is 223. The lowest BCUT2D eigenvalue weighted by atomic mass is 9.93. The fourth-order valence-electron chi connectivity index (χ4n) is 16.8. The summed E-state index contributed by atoms with van der Waals surface area (Å²) in [6.45, 7) is 3.13. The van der Waals surface area contributed by atoms with Gasteiger partial charge in [-0.3, -0.25) is 14.4 Å². The number of amides is 3. The highest BCUT2D eigenvalue weighted by Crippen LogP contribution is 2.41. The first-order chi connectivity index (χ1) is 59.0. The molecule has 37 atom stereocenters. The quantitative estimate of drug-likeness (QED) is 0.0237. The summed E-state index contributed by atoms with van der Waals surface area (Å²) in [5.41, 5.74) is 0. The third-order valence-electron chi connectivity index (χ3n) is 24.3. The Labute approximate surface area is 721 Å². The van der Waals surface area contributed by atoms with Crippen LogP contribution in [-0.4, -0.2) is 381 Å². The van der Waals surface area contributed by atoms with Gasteiger partial charge in [-0.25, -0.2) is 0 Å². The highest BCUT2D eigenvalue weighted by molar-refractivity contribution is 5.76. The van der Waals surface area contributed by atoms with Crippen LogP contribution in [0, 0.1) is 0 Å². The Morgan fingerprint density at radius 1 is 0.333 bits per heavy atom. The molecule has 0 radical (unpaired) electrons. The lowest BCUT2D eigenvalue weighted by Crippen LogP contribution is -2.72. The zero-order valence-corrected chi connectivity index (χ0v) is 72.4. The van der Waals surface area contributed by atoms with Crippen molar-refractivity contribution in [2.75, 3.05) is 39.6 Å². The molecule has 3 amide bonds. The molecule has 0 bridgehead atoms. The first-order valence-electron chi connectivity index (χ1n) is 45.2. The number of unbranched alkanes of at least 4 members (excludes halogenated alkanes) is 27. The van der Waals surface area contributed by atoms with E-state index in [-0.39, 0.29) is 12.3 Å². The summed E-state index contributed by atoms with van der Waals surface area (Å²) in [5.74, 6) is -2.15. The van der Waals surface area contributed by atoms with Crippen molar-refractivity contribution in [2.45, 2.75) is 461 Å². The second kappa shape index (κ2) is 55.9. The number of aliphatic hydroxyl groups excluding tert-OH is 19. The van der Waals surface area contributed by atoms with E-state index in [4.69, 9.17) is 66.3 Å². The van der Waals surface area contributed by atoms with Gasteiger partial charge in [0.15, 0.2) is 44.0 Å². The van der Waals surface area contributed by atoms with E-state index in [0.29, 0.717) is 12.8 Å². The van der Waals surface area contributed by atoms with Gasteiger partial charge >= 0.3 is 0 Å². The molecule has 7 aliphatic rings. The number of carbonyl (C=O) groups excluding carboxylic acids is 3. The fourth-order valence-corrected chi connectivity index (χ4v) is 16.8. The Hall–Kier alpha value is -3.17. The third kappa shape index (κ3) is 31.8. The largest absolute Gasteiger partial charge is 0.394 e. The van der Waals surface area contributed by atoms with Crippen molar-refractivity contribution >= 4 is 17.7 Å². The first-order valence-corrected chi connectivity index (χ1v) is 45.2. The minimum Gasteiger partial charge on any atom is -0.394 e. The maximum Gasteiger partial charge on any atom is 0.220 e. The number of nitrogens with one attached hydrogen (secondary N) is 3. The Morgan fingerprint density at radius 2 is 0.691 bits per heavy atom. The van der Waals surface area contributed by atoms with Gasteiger partial charge in [-0.1, -0.05) is 193 Å². The fraction of sp³-hybridized carbons (Fsp3) is 0.940. The van der Waals surface area contributed by atoms with Crippen LogP contribution >= 0.6 is 0 Å². The van der Waals surface area contributed by atoms with Gasteiger partial charge in [0.2, 0.25) is 17.7 Å². The first kappa shape index (κ1) is 107. The summed E-state index contributed by atoms with van der Waals surface area (Å²) in [6.07, 6.45) is -29.8. The predicted octanol–water partition coefficient (Wildman–Crippen LogP) is -1.76. The lowest BCUT2D eigenvalue weighted by molar-refractivity contribution is -0.409. The van der Waals surface area contributed by atoms with Crippen LogP contribution in [0.15, 0.2) is 12.2 Å². The lowest BCUT2D eigenvalue weighted by Gasteiger charge is -2.53. The maximum absolute atomic E-state index is 13.7. The van der Waals surface area contributed by atoms with Crippen LogP contribution in [0.3, 0.4) is 0 Å². The van der Waals surface area contributed by atoms with E-state index >= 15 is 0 Å². The molecule has 718 valence electrons. The van der Waals surface area contributed by atoms with Crippen molar-refractivity contribution in [1.82, 2.24) is 16.0 Å². The van der Waals surface area contributed by atoms with Gasteiger partial charge in [0.05, 0.1) is 64.0 Å². The number of allylic oxidation sites excluding steroid dienone is 1. The molecule has 0 aromatic carbocycles. The third-order valence-corrected chi connectivity index (χ3v) is 24.3. The zero-order chi connectivity index (χ0) is 90.0. The highest BCUT2D eigenvalue weighted by atomic mass is 16.8. The molecule has 0 spiro atoms. The predicted molar refractivity (Wildman–Crippen MR) is 433 cm³/mol. The van der Waals surface area contributed by atoms with Gasteiger partial charge < -0.3 is 179 Å². The van der Waals surface area contributed by atoms with E-state index in [9.17, 15) is 111 Å². The average molecular weight is 1780 g/mol. The minimum absolute atomic E-state index is 0.152. The van der Waals surface area contributed by atoms with Crippen molar-refractivity contribution in [3.8, 4) is 0 Å². The molecule has 7 heterocycles. The Bertz CT molecular complexity index is 2930. The van der Waals surface area contributed by atoms with E-state index in [1.165, 1.54) is 136 Å². The van der Waals surface area contributed by atoms with E-state index < -0.39 is 278 Å². The van der Waals surface area contributed by atoms with Crippen LogP contribution < -0.4 is 16.0 Å². The molecule has 39 nitrogen and oxygen atoms in total. The van der Waals surface area contributed by atoms with Crippen LogP contribution in [0.5, 0.6) is 0 Å². The van der Waals surface area contributed by atoms with Gasteiger partial charge in [-0.05, 0) is 33.1 Å². The number of aliphatic hydroxyl groups is 19. The topological polar surface area (TPSA) is 601 Å². The van der Waals surface area contributed by atoms with Crippen LogP contribution in [0.4, 0.5) is 0 Å². The Balaban J connectivity index is 1.10. The van der Waals surface area contributed by atoms with E-state index in [1.54, 1.807) is 6.08 Å².